The minimum Gasteiger partial charge on any atom is -0.543 e. The summed E-state index contributed by atoms with van der Waals surface area (Å²) in [6, 6.07) is 6.09. The maximum atomic E-state index is 14.1. The number of carbonyl (C=O) groups is 1. The number of benzene rings is 2. The molecule has 1 aliphatic rings. The number of rotatable bonds is 6. The summed E-state index contributed by atoms with van der Waals surface area (Å²) >= 11 is 0. The Labute approximate surface area is 238 Å². The number of ether oxygens (including phenoxy) is 1. The van der Waals surface area contributed by atoms with Crippen LogP contribution >= 0.6 is 0 Å². The fourth-order valence-electron chi connectivity index (χ4n) is 4.14. The average molecular weight is 565 g/mol. The van der Waals surface area contributed by atoms with E-state index < -0.39 is 53.4 Å². The van der Waals surface area contributed by atoms with Crippen molar-refractivity contribution in [2.75, 3.05) is 0 Å². The minimum absolute atomic E-state index is 0. The second-order valence-corrected chi connectivity index (χ2v) is 8.46. The predicted octanol–water partition coefficient (Wildman–Crippen LogP) is 3.44. The largest absolute Gasteiger partial charge is 1.00 e. The van der Waals surface area contributed by atoms with Crippen molar-refractivity contribution < 1.29 is 79.3 Å². The molecular formula is C26H16F8NNaO3. The third kappa shape index (κ3) is 6.98. The van der Waals surface area contributed by atoms with Gasteiger partial charge in [-0.25, -0.2) is 13.8 Å². The van der Waals surface area contributed by atoms with E-state index in [1.807, 2.05) is 0 Å². The molecule has 1 aromatic heterocycles. The van der Waals surface area contributed by atoms with Gasteiger partial charge in [0, 0.05) is 17.2 Å². The Kier molecular flexibility index (Phi) is 9.13. The van der Waals surface area contributed by atoms with Crippen molar-refractivity contribution in [3.8, 4) is 5.75 Å². The van der Waals surface area contributed by atoms with E-state index in [0.29, 0.717) is 24.6 Å². The summed E-state index contributed by atoms with van der Waals surface area (Å²) in [5.74, 6) is -3.88. The molecule has 0 saturated carbocycles. The molecule has 0 fully saturated rings. The number of allylic oxidation sites excluding steroid dienone is 2. The Morgan fingerprint density at radius 2 is 1.54 bits per heavy atom. The van der Waals surface area contributed by atoms with Crippen molar-refractivity contribution in [3.63, 3.8) is 0 Å². The van der Waals surface area contributed by atoms with Crippen LogP contribution in [-0.4, -0.2) is 11.0 Å². The summed E-state index contributed by atoms with van der Waals surface area (Å²) in [6.07, 6.45) is -9.16. The maximum Gasteiger partial charge on any atom is 1.00 e. The number of aromatic nitrogens is 1. The molecule has 0 atom stereocenters. The SMILES string of the molecule is O=C([O-])c1cc(C(F)(F)F)cc(C2=C(c3cc(C(F)(F)F)ccc3OCc3ccc(F)cc3F)CCC2)n1.[Na+]. The van der Waals surface area contributed by atoms with E-state index >= 15 is 0 Å². The number of carbonyl (C=O) groups excluding carboxylic acids is 1. The zero-order valence-electron chi connectivity index (χ0n) is 20.1. The molecular weight excluding hydrogens is 549 g/mol. The van der Waals surface area contributed by atoms with Gasteiger partial charge in [-0.1, -0.05) is 0 Å². The molecule has 1 heterocycles. The van der Waals surface area contributed by atoms with E-state index in [2.05, 4.69) is 4.98 Å². The van der Waals surface area contributed by atoms with Crippen LogP contribution in [0.5, 0.6) is 5.75 Å². The Bertz CT molecular complexity index is 1430. The number of pyridine rings is 1. The number of aromatic carboxylic acids is 1. The molecule has 2 aromatic carbocycles. The Morgan fingerprint density at radius 3 is 2.15 bits per heavy atom. The maximum absolute atomic E-state index is 14.1. The molecule has 0 N–H and O–H groups in total. The molecule has 0 aliphatic heterocycles. The fraction of sp³-hybridized carbons (Fsp3) is 0.231. The summed E-state index contributed by atoms with van der Waals surface area (Å²) in [7, 11) is 0. The van der Waals surface area contributed by atoms with Crippen molar-refractivity contribution in [3.05, 3.63) is 93.8 Å². The number of alkyl halides is 6. The van der Waals surface area contributed by atoms with Gasteiger partial charge in [0.2, 0.25) is 0 Å². The molecule has 200 valence electrons. The van der Waals surface area contributed by atoms with Crippen LogP contribution in [0.4, 0.5) is 35.1 Å². The first-order chi connectivity index (χ1) is 17.7. The zero-order chi connectivity index (χ0) is 27.8. The molecule has 13 heteroatoms. The quantitative estimate of drug-likeness (QED) is 0.340. The molecule has 1 aliphatic carbocycles. The topological polar surface area (TPSA) is 62.2 Å². The number of halogens is 8. The average Bonchev–Trinajstić information content (AvgIpc) is 3.32. The van der Waals surface area contributed by atoms with Crippen LogP contribution < -0.4 is 39.4 Å². The second kappa shape index (κ2) is 11.6. The molecule has 4 rings (SSSR count). The number of hydrogen-bond acceptors (Lipinski definition) is 4. The van der Waals surface area contributed by atoms with Crippen LogP contribution in [0.1, 0.15) is 57.7 Å². The Hall–Kier alpha value is -2.96. The van der Waals surface area contributed by atoms with Crippen molar-refractivity contribution in [1.29, 1.82) is 0 Å². The first-order valence-electron chi connectivity index (χ1n) is 11.1. The number of carboxylic acids is 1. The monoisotopic (exact) mass is 565 g/mol. The second-order valence-electron chi connectivity index (χ2n) is 8.46. The summed E-state index contributed by atoms with van der Waals surface area (Å²) in [6.45, 7) is -0.482. The van der Waals surface area contributed by atoms with E-state index in [-0.39, 0.29) is 76.1 Å². The van der Waals surface area contributed by atoms with Gasteiger partial charge in [-0.05, 0) is 72.9 Å². The van der Waals surface area contributed by atoms with E-state index in [1.54, 1.807) is 0 Å². The molecule has 39 heavy (non-hydrogen) atoms. The first kappa shape index (κ1) is 30.6. The van der Waals surface area contributed by atoms with Crippen LogP contribution in [0.3, 0.4) is 0 Å². The predicted molar refractivity (Wildman–Crippen MR) is 116 cm³/mol. The third-order valence-corrected chi connectivity index (χ3v) is 5.92. The Balaban J connectivity index is 0.00000420. The van der Waals surface area contributed by atoms with Gasteiger partial charge in [0.25, 0.3) is 0 Å². The molecule has 0 saturated heterocycles. The molecule has 0 bridgehead atoms. The molecule has 0 amide bonds. The van der Waals surface area contributed by atoms with E-state index in [4.69, 9.17) is 4.74 Å². The first-order valence-corrected chi connectivity index (χ1v) is 11.1. The normalized spacial score (nSPS) is 13.8. The van der Waals surface area contributed by atoms with Crippen molar-refractivity contribution in [1.82, 2.24) is 4.98 Å². The number of carboxylic acid groups (broad SMARTS) is 1. The van der Waals surface area contributed by atoms with E-state index in [1.165, 1.54) is 0 Å². The standard InChI is InChI=1S/C26H17F8NO3.Na/c27-16-6-4-13(20(28)11-16)12-38-23-7-5-14(25(29,30)31)8-19(23)17-2-1-3-18(17)21-9-15(26(32,33)34)10-22(35-21)24(36)37;/h4-11H,1-3,12H2,(H,36,37);/q;+1/p-1. The minimum atomic E-state index is -4.93. The van der Waals surface area contributed by atoms with Crippen molar-refractivity contribution >= 4 is 17.1 Å². The number of nitrogens with zero attached hydrogens (tertiary/aromatic N) is 1. The fourth-order valence-corrected chi connectivity index (χ4v) is 4.14. The third-order valence-electron chi connectivity index (χ3n) is 5.92. The smallest absolute Gasteiger partial charge is 0.543 e. The van der Waals surface area contributed by atoms with Gasteiger partial charge in [-0.2, -0.15) is 26.3 Å². The summed E-state index contributed by atoms with van der Waals surface area (Å²) in [5.41, 5.74) is -3.68. The molecule has 3 aromatic rings. The van der Waals surface area contributed by atoms with Crippen LogP contribution in [0, 0.1) is 11.6 Å². The molecule has 4 nitrogen and oxygen atoms in total. The zero-order valence-corrected chi connectivity index (χ0v) is 22.1. The van der Waals surface area contributed by atoms with Gasteiger partial charge in [-0.15, -0.1) is 0 Å². The van der Waals surface area contributed by atoms with E-state index in [9.17, 15) is 45.0 Å². The van der Waals surface area contributed by atoms with Gasteiger partial charge in [-0.3, -0.25) is 0 Å². The van der Waals surface area contributed by atoms with Crippen LogP contribution in [0.2, 0.25) is 0 Å². The van der Waals surface area contributed by atoms with Gasteiger partial charge >= 0.3 is 41.9 Å². The van der Waals surface area contributed by atoms with Crippen LogP contribution in [0.25, 0.3) is 11.1 Å². The summed E-state index contributed by atoms with van der Waals surface area (Å²) in [4.78, 5) is 15.1. The molecule has 0 radical (unpaired) electrons. The van der Waals surface area contributed by atoms with Crippen molar-refractivity contribution in [2.24, 2.45) is 0 Å². The number of hydrogen-bond donors (Lipinski definition) is 0. The van der Waals surface area contributed by atoms with Gasteiger partial charge < -0.3 is 14.6 Å². The Morgan fingerprint density at radius 1 is 0.872 bits per heavy atom. The summed E-state index contributed by atoms with van der Waals surface area (Å²) < 4.78 is 114. The molecule has 0 unspecified atom stereocenters. The van der Waals surface area contributed by atoms with Crippen LogP contribution in [-0.2, 0) is 19.0 Å². The summed E-state index contributed by atoms with van der Waals surface area (Å²) in [5, 5.41) is 11.3. The van der Waals surface area contributed by atoms with Crippen molar-refractivity contribution in [2.45, 2.75) is 38.2 Å². The van der Waals surface area contributed by atoms with Gasteiger partial charge in [0.05, 0.1) is 28.5 Å². The van der Waals surface area contributed by atoms with Crippen LogP contribution in [0.15, 0.2) is 48.5 Å². The van der Waals surface area contributed by atoms with Gasteiger partial charge in [0.15, 0.2) is 0 Å². The van der Waals surface area contributed by atoms with Gasteiger partial charge in [0.1, 0.15) is 24.0 Å². The van der Waals surface area contributed by atoms with E-state index in [0.717, 1.165) is 30.3 Å². The molecule has 0 spiro atoms.